The number of ether oxygens (including phenoxy) is 1. The number of benzene rings is 2. The first-order chi connectivity index (χ1) is 11.8. The van der Waals surface area contributed by atoms with E-state index >= 15 is 0 Å². The van der Waals surface area contributed by atoms with Gasteiger partial charge in [-0.2, -0.15) is 0 Å². The molecule has 4 nitrogen and oxygen atoms in total. The van der Waals surface area contributed by atoms with Crippen molar-refractivity contribution in [3.05, 3.63) is 66.5 Å². The largest absolute Gasteiger partial charge is 0.449 e. The smallest absolute Gasteiger partial charge is 0.330 e. The average Bonchev–Trinajstić information content (AvgIpc) is 2.59. The van der Waals surface area contributed by atoms with Gasteiger partial charge >= 0.3 is 5.97 Å². The molecule has 1 atom stereocenters. The normalized spacial score (nSPS) is 11.5. The van der Waals surface area contributed by atoms with E-state index in [1.54, 1.807) is 0 Å². The predicted octanol–water partition coefficient (Wildman–Crippen LogP) is 3.83. The molecular weight excluding hydrogens is 335 g/mol. The Morgan fingerprint density at radius 1 is 1.16 bits per heavy atom. The van der Waals surface area contributed by atoms with Crippen LogP contribution >= 0.6 is 0 Å². The zero-order valence-corrected chi connectivity index (χ0v) is 13.2. The third-order valence-electron chi connectivity index (χ3n) is 3.32. The van der Waals surface area contributed by atoms with Crippen molar-refractivity contribution in [1.82, 2.24) is 0 Å². The molecule has 0 saturated carbocycles. The molecule has 1 amide bonds. The lowest BCUT2D eigenvalue weighted by atomic mass is 10.0. The number of rotatable bonds is 5. The summed E-state index contributed by atoms with van der Waals surface area (Å²) in [6.07, 6.45) is -0.273. The Hall–Kier alpha value is -3.09. The van der Waals surface area contributed by atoms with Crippen LogP contribution in [0.4, 0.5) is 18.9 Å². The van der Waals surface area contributed by atoms with Crippen molar-refractivity contribution >= 4 is 17.6 Å². The van der Waals surface area contributed by atoms with Gasteiger partial charge in [0.15, 0.2) is 23.6 Å². The number of anilines is 1. The summed E-state index contributed by atoms with van der Waals surface area (Å²) in [7, 11) is 0. The fourth-order valence-corrected chi connectivity index (χ4v) is 2.03. The molecule has 0 fully saturated rings. The van der Waals surface area contributed by atoms with Crippen LogP contribution in [0.2, 0.25) is 0 Å². The summed E-state index contributed by atoms with van der Waals surface area (Å²) >= 11 is 0. The molecule has 7 heteroatoms. The lowest BCUT2D eigenvalue weighted by Gasteiger charge is -2.14. The number of hydrogen-bond donors (Lipinski definition) is 1. The molecule has 0 heterocycles. The van der Waals surface area contributed by atoms with E-state index in [9.17, 15) is 22.8 Å². The maximum Gasteiger partial charge on any atom is 0.330 e. The van der Waals surface area contributed by atoms with Crippen molar-refractivity contribution in [3.8, 4) is 11.1 Å². The molecular formula is C18H14F3NO3. The standard InChI is InChI=1S/C18H14F3NO3/c1-3-16(23)25-10(2)18(24)22-15-6-4-5-12(17(15)21)11-7-8-13(19)14(20)9-11/h3-10H,1H2,2H3,(H,22,24). The molecule has 2 aromatic carbocycles. The SMILES string of the molecule is C=CC(=O)OC(C)C(=O)Nc1cccc(-c2ccc(F)c(F)c2)c1F. The van der Waals surface area contributed by atoms with E-state index in [-0.39, 0.29) is 16.8 Å². The molecule has 0 saturated heterocycles. The topological polar surface area (TPSA) is 55.4 Å². The highest BCUT2D eigenvalue weighted by atomic mass is 19.2. The Bertz CT molecular complexity index is 836. The fourth-order valence-electron chi connectivity index (χ4n) is 2.03. The third kappa shape index (κ3) is 4.26. The van der Waals surface area contributed by atoms with Crippen molar-refractivity contribution < 1.29 is 27.5 Å². The predicted molar refractivity (Wildman–Crippen MR) is 86.1 cm³/mol. The molecule has 130 valence electrons. The van der Waals surface area contributed by atoms with E-state index in [0.29, 0.717) is 0 Å². The van der Waals surface area contributed by atoms with Gasteiger partial charge in [-0.15, -0.1) is 0 Å². The minimum atomic E-state index is -1.17. The Morgan fingerprint density at radius 2 is 1.88 bits per heavy atom. The number of halogens is 3. The summed E-state index contributed by atoms with van der Waals surface area (Å²) in [4.78, 5) is 23.0. The van der Waals surface area contributed by atoms with E-state index in [1.165, 1.54) is 31.2 Å². The van der Waals surface area contributed by atoms with Gasteiger partial charge in [0.2, 0.25) is 0 Å². The van der Waals surface area contributed by atoms with Crippen molar-refractivity contribution in [2.24, 2.45) is 0 Å². The van der Waals surface area contributed by atoms with Gasteiger partial charge in [-0.05, 0) is 30.7 Å². The number of nitrogens with one attached hydrogen (secondary N) is 1. The number of carbonyl (C=O) groups excluding carboxylic acids is 2. The first kappa shape index (κ1) is 18.3. The zero-order valence-electron chi connectivity index (χ0n) is 13.2. The van der Waals surface area contributed by atoms with Gasteiger partial charge in [0, 0.05) is 11.6 Å². The van der Waals surface area contributed by atoms with Crippen molar-refractivity contribution in [3.63, 3.8) is 0 Å². The number of esters is 1. The average molecular weight is 349 g/mol. The molecule has 25 heavy (non-hydrogen) atoms. The molecule has 0 aliphatic rings. The van der Waals surface area contributed by atoms with Crippen LogP contribution in [-0.4, -0.2) is 18.0 Å². The van der Waals surface area contributed by atoms with Crippen LogP contribution < -0.4 is 5.32 Å². The van der Waals surface area contributed by atoms with Gasteiger partial charge in [0.25, 0.3) is 5.91 Å². The molecule has 1 N–H and O–H groups in total. The lowest BCUT2D eigenvalue weighted by Crippen LogP contribution is -2.29. The summed E-state index contributed by atoms with van der Waals surface area (Å²) in [6, 6.07) is 7.05. The molecule has 2 rings (SSSR count). The van der Waals surface area contributed by atoms with Gasteiger partial charge in [0.05, 0.1) is 5.69 Å². The van der Waals surface area contributed by atoms with Gasteiger partial charge in [-0.3, -0.25) is 4.79 Å². The first-order valence-corrected chi connectivity index (χ1v) is 7.21. The van der Waals surface area contributed by atoms with Crippen LogP contribution in [0.5, 0.6) is 0 Å². The minimum absolute atomic E-state index is 0.0209. The van der Waals surface area contributed by atoms with Crippen molar-refractivity contribution in [2.75, 3.05) is 5.32 Å². The quantitative estimate of drug-likeness (QED) is 0.659. The minimum Gasteiger partial charge on any atom is -0.449 e. The monoisotopic (exact) mass is 349 g/mol. The lowest BCUT2D eigenvalue weighted by molar-refractivity contribution is -0.148. The summed E-state index contributed by atoms with van der Waals surface area (Å²) in [5, 5.41) is 2.28. The molecule has 0 aliphatic carbocycles. The van der Waals surface area contributed by atoms with Crippen LogP contribution in [0.3, 0.4) is 0 Å². The van der Waals surface area contributed by atoms with Crippen LogP contribution in [0.1, 0.15) is 6.92 Å². The van der Waals surface area contributed by atoms with Crippen molar-refractivity contribution in [2.45, 2.75) is 13.0 Å². The molecule has 0 aliphatic heterocycles. The van der Waals surface area contributed by atoms with Gasteiger partial charge < -0.3 is 10.1 Å². The second kappa shape index (κ2) is 7.65. The van der Waals surface area contributed by atoms with Crippen LogP contribution in [-0.2, 0) is 14.3 Å². The molecule has 0 aromatic heterocycles. The van der Waals surface area contributed by atoms with E-state index in [1.807, 2.05) is 0 Å². The summed E-state index contributed by atoms with van der Waals surface area (Å²) < 4.78 is 45.7. The summed E-state index contributed by atoms with van der Waals surface area (Å²) in [6.45, 7) is 4.52. The Balaban J connectivity index is 2.26. The van der Waals surface area contributed by atoms with Gasteiger partial charge in [-0.1, -0.05) is 24.8 Å². The molecule has 0 bridgehead atoms. The maximum absolute atomic E-state index is 14.6. The van der Waals surface area contributed by atoms with Gasteiger partial charge in [-0.25, -0.2) is 18.0 Å². The zero-order chi connectivity index (χ0) is 18.6. The number of carbonyl (C=O) groups is 2. The fraction of sp³-hybridized carbons (Fsp3) is 0.111. The summed E-state index contributed by atoms with van der Waals surface area (Å²) in [5.74, 6) is -4.54. The van der Waals surface area contributed by atoms with Gasteiger partial charge in [0.1, 0.15) is 0 Å². The van der Waals surface area contributed by atoms with Crippen molar-refractivity contribution in [1.29, 1.82) is 0 Å². The second-order valence-electron chi connectivity index (χ2n) is 5.07. The van der Waals surface area contributed by atoms with E-state index in [0.717, 1.165) is 18.2 Å². The highest BCUT2D eigenvalue weighted by Gasteiger charge is 2.19. The molecule has 1 unspecified atom stereocenters. The second-order valence-corrected chi connectivity index (χ2v) is 5.07. The Labute approximate surface area is 141 Å². The van der Waals surface area contributed by atoms with Crippen LogP contribution in [0.15, 0.2) is 49.1 Å². The number of amides is 1. The Morgan fingerprint density at radius 3 is 2.52 bits per heavy atom. The highest BCUT2D eigenvalue weighted by molar-refractivity contribution is 5.96. The molecule has 0 radical (unpaired) electrons. The first-order valence-electron chi connectivity index (χ1n) is 7.21. The van der Waals surface area contributed by atoms with Crippen LogP contribution in [0.25, 0.3) is 11.1 Å². The Kier molecular flexibility index (Phi) is 5.59. The molecule has 0 spiro atoms. The third-order valence-corrected chi connectivity index (χ3v) is 3.32. The highest BCUT2D eigenvalue weighted by Crippen LogP contribution is 2.28. The summed E-state index contributed by atoms with van der Waals surface area (Å²) in [5.41, 5.74) is -0.0974. The van der Waals surface area contributed by atoms with Crippen LogP contribution in [0, 0.1) is 17.5 Å². The van der Waals surface area contributed by atoms with E-state index in [4.69, 9.17) is 4.74 Å². The molecule has 2 aromatic rings. The number of hydrogen-bond acceptors (Lipinski definition) is 3. The van der Waals surface area contributed by atoms with E-state index in [2.05, 4.69) is 11.9 Å². The van der Waals surface area contributed by atoms with E-state index < -0.39 is 35.4 Å². The maximum atomic E-state index is 14.6.